The number of ether oxygens (including phenoxy) is 3. The molecule has 0 aliphatic rings. The van der Waals surface area contributed by atoms with Crippen LogP contribution in [0.3, 0.4) is 0 Å². The van der Waals surface area contributed by atoms with E-state index in [1.807, 2.05) is 44.2 Å². The fraction of sp³-hybridized carbons (Fsp3) is 0.600. The number of hydrogen-bond donors (Lipinski definition) is 3. The van der Waals surface area contributed by atoms with Crippen molar-refractivity contribution in [3.63, 3.8) is 0 Å². The van der Waals surface area contributed by atoms with Gasteiger partial charge in [-0.05, 0) is 38.7 Å². The van der Waals surface area contributed by atoms with E-state index in [0.29, 0.717) is 45.6 Å². The standard InChI is InChI=1S/C20H32N2O6/c1-3-26-18(27-4-2)14-22-17(19(23)24)12-8-9-13-21-20(25)28-15-16-10-6-5-7-11-16/h5-7,10-11,17-18,22H,3-4,8-9,12-15H2,1-2H3,(H,21,25)(H,23,24)/t17-/m0/s1. The molecule has 8 nitrogen and oxygen atoms in total. The molecule has 3 N–H and O–H groups in total. The molecule has 1 aromatic rings. The first kappa shape index (κ1) is 23.9. The Balaban J connectivity index is 2.18. The number of hydrogen-bond acceptors (Lipinski definition) is 6. The van der Waals surface area contributed by atoms with Gasteiger partial charge in [0.1, 0.15) is 12.6 Å². The van der Waals surface area contributed by atoms with Crippen LogP contribution in [-0.4, -0.2) is 55.8 Å². The Kier molecular flexibility index (Phi) is 12.7. The van der Waals surface area contributed by atoms with Crippen LogP contribution in [-0.2, 0) is 25.6 Å². The van der Waals surface area contributed by atoms with Gasteiger partial charge in [0.15, 0.2) is 6.29 Å². The SMILES string of the molecule is CCOC(CN[C@@H](CCCCNC(=O)OCc1ccccc1)C(=O)O)OCC. The van der Waals surface area contributed by atoms with Crippen molar-refractivity contribution < 1.29 is 28.9 Å². The summed E-state index contributed by atoms with van der Waals surface area (Å²) in [6, 6.07) is 8.75. The van der Waals surface area contributed by atoms with E-state index in [1.165, 1.54) is 0 Å². The molecule has 1 rings (SSSR count). The summed E-state index contributed by atoms with van der Waals surface area (Å²) in [5.41, 5.74) is 0.922. The average molecular weight is 396 g/mol. The van der Waals surface area contributed by atoms with Crippen LogP contribution in [0.4, 0.5) is 4.79 Å². The van der Waals surface area contributed by atoms with Gasteiger partial charge >= 0.3 is 12.1 Å². The Hall–Kier alpha value is -2.16. The molecule has 0 fully saturated rings. The van der Waals surface area contributed by atoms with Gasteiger partial charge in [-0.1, -0.05) is 30.3 Å². The average Bonchev–Trinajstić information content (AvgIpc) is 2.69. The Morgan fingerprint density at radius 1 is 1.07 bits per heavy atom. The van der Waals surface area contributed by atoms with Gasteiger partial charge in [0.2, 0.25) is 0 Å². The lowest BCUT2D eigenvalue weighted by Crippen LogP contribution is -2.42. The molecule has 0 heterocycles. The summed E-state index contributed by atoms with van der Waals surface area (Å²) in [6.45, 7) is 5.67. The Morgan fingerprint density at radius 3 is 2.36 bits per heavy atom. The first-order valence-corrected chi connectivity index (χ1v) is 9.70. The van der Waals surface area contributed by atoms with E-state index in [9.17, 15) is 14.7 Å². The lowest BCUT2D eigenvalue weighted by atomic mass is 10.1. The molecular formula is C20H32N2O6. The largest absolute Gasteiger partial charge is 0.480 e. The molecule has 0 bridgehead atoms. The van der Waals surface area contributed by atoms with Crippen molar-refractivity contribution in [1.29, 1.82) is 0 Å². The minimum Gasteiger partial charge on any atom is -0.480 e. The fourth-order valence-electron chi connectivity index (χ4n) is 2.53. The Labute approximate surface area is 166 Å². The van der Waals surface area contributed by atoms with Crippen molar-refractivity contribution in [2.75, 3.05) is 26.3 Å². The first-order chi connectivity index (χ1) is 13.6. The van der Waals surface area contributed by atoms with E-state index >= 15 is 0 Å². The normalized spacial score (nSPS) is 12.0. The van der Waals surface area contributed by atoms with E-state index in [1.54, 1.807) is 0 Å². The van der Waals surface area contributed by atoms with Crippen molar-refractivity contribution in [2.24, 2.45) is 0 Å². The molecule has 0 radical (unpaired) electrons. The number of benzene rings is 1. The van der Waals surface area contributed by atoms with Crippen LogP contribution in [0.1, 0.15) is 38.7 Å². The third kappa shape index (κ3) is 10.9. The van der Waals surface area contributed by atoms with E-state index in [0.717, 1.165) is 5.56 Å². The molecule has 28 heavy (non-hydrogen) atoms. The number of amides is 1. The van der Waals surface area contributed by atoms with Crippen molar-refractivity contribution in [1.82, 2.24) is 10.6 Å². The summed E-state index contributed by atoms with van der Waals surface area (Å²) in [5, 5.41) is 15.0. The van der Waals surface area contributed by atoms with Crippen molar-refractivity contribution >= 4 is 12.1 Å². The second-order valence-electron chi connectivity index (χ2n) is 6.12. The Bertz CT molecular complexity index is 549. The van der Waals surface area contributed by atoms with Crippen LogP contribution in [0.5, 0.6) is 0 Å². The van der Waals surface area contributed by atoms with Crippen molar-refractivity contribution in [2.45, 2.75) is 52.0 Å². The van der Waals surface area contributed by atoms with E-state index in [2.05, 4.69) is 10.6 Å². The third-order valence-electron chi connectivity index (χ3n) is 3.94. The van der Waals surface area contributed by atoms with E-state index in [4.69, 9.17) is 14.2 Å². The van der Waals surface area contributed by atoms with Crippen LogP contribution < -0.4 is 10.6 Å². The van der Waals surface area contributed by atoms with Crippen LogP contribution in [0, 0.1) is 0 Å². The van der Waals surface area contributed by atoms with Crippen molar-refractivity contribution in [3.05, 3.63) is 35.9 Å². The fourth-order valence-corrected chi connectivity index (χ4v) is 2.53. The molecule has 1 atom stereocenters. The van der Waals surface area contributed by atoms with Gasteiger partial charge in [-0.3, -0.25) is 10.1 Å². The smallest absolute Gasteiger partial charge is 0.407 e. The number of carboxylic acids is 1. The molecular weight excluding hydrogens is 364 g/mol. The van der Waals surface area contributed by atoms with Crippen LogP contribution in [0.25, 0.3) is 0 Å². The van der Waals surface area contributed by atoms with Crippen LogP contribution in [0.2, 0.25) is 0 Å². The van der Waals surface area contributed by atoms with Gasteiger partial charge in [0, 0.05) is 26.3 Å². The van der Waals surface area contributed by atoms with Crippen molar-refractivity contribution in [3.8, 4) is 0 Å². The predicted molar refractivity (Wildman–Crippen MR) is 105 cm³/mol. The maximum Gasteiger partial charge on any atom is 0.407 e. The lowest BCUT2D eigenvalue weighted by molar-refractivity contribution is -0.144. The molecule has 0 aromatic heterocycles. The second kappa shape index (κ2) is 14.8. The zero-order valence-corrected chi connectivity index (χ0v) is 16.7. The predicted octanol–water partition coefficient (Wildman–Crippen LogP) is 2.52. The van der Waals surface area contributed by atoms with Crippen LogP contribution in [0.15, 0.2) is 30.3 Å². The number of carboxylic acid groups (broad SMARTS) is 1. The zero-order chi connectivity index (χ0) is 20.6. The molecule has 0 aliphatic carbocycles. The highest BCUT2D eigenvalue weighted by atomic mass is 16.7. The summed E-state index contributed by atoms with van der Waals surface area (Å²) in [7, 11) is 0. The highest BCUT2D eigenvalue weighted by molar-refractivity contribution is 5.73. The van der Waals surface area contributed by atoms with E-state index < -0.39 is 24.4 Å². The topological polar surface area (TPSA) is 106 Å². The summed E-state index contributed by atoms with van der Waals surface area (Å²) in [4.78, 5) is 23.0. The maximum absolute atomic E-state index is 11.7. The van der Waals surface area contributed by atoms with Gasteiger partial charge in [-0.2, -0.15) is 0 Å². The minimum atomic E-state index is -0.915. The minimum absolute atomic E-state index is 0.221. The van der Waals surface area contributed by atoms with Gasteiger partial charge in [-0.25, -0.2) is 4.79 Å². The number of carbonyl (C=O) groups excluding carboxylic acids is 1. The zero-order valence-electron chi connectivity index (χ0n) is 16.7. The molecule has 0 saturated carbocycles. The molecule has 0 saturated heterocycles. The van der Waals surface area contributed by atoms with Gasteiger partial charge < -0.3 is 24.6 Å². The monoisotopic (exact) mass is 396 g/mol. The molecule has 0 spiro atoms. The van der Waals surface area contributed by atoms with E-state index in [-0.39, 0.29) is 6.61 Å². The van der Waals surface area contributed by atoms with Gasteiger partial charge in [0.05, 0.1) is 0 Å². The summed E-state index contributed by atoms with van der Waals surface area (Å²) < 4.78 is 15.9. The quantitative estimate of drug-likeness (QED) is 0.309. The number of unbranched alkanes of at least 4 members (excludes halogenated alkanes) is 1. The second-order valence-corrected chi connectivity index (χ2v) is 6.12. The summed E-state index contributed by atoms with van der Waals surface area (Å²) >= 11 is 0. The number of alkyl carbamates (subject to hydrolysis) is 1. The first-order valence-electron chi connectivity index (χ1n) is 9.70. The molecule has 1 amide bonds. The highest BCUT2D eigenvalue weighted by Crippen LogP contribution is 2.04. The Morgan fingerprint density at radius 2 is 1.75 bits per heavy atom. The lowest BCUT2D eigenvalue weighted by Gasteiger charge is -2.20. The number of nitrogens with one attached hydrogen (secondary N) is 2. The molecule has 8 heteroatoms. The van der Waals surface area contributed by atoms with Crippen LogP contribution >= 0.6 is 0 Å². The van der Waals surface area contributed by atoms with Gasteiger partial charge in [-0.15, -0.1) is 0 Å². The summed E-state index contributed by atoms with van der Waals surface area (Å²) in [5.74, 6) is -0.915. The number of carbonyl (C=O) groups is 2. The number of aliphatic carboxylic acids is 1. The number of rotatable bonds is 15. The third-order valence-corrected chi connectivity index (χ3v) is 3.94. The molecule has 0 aliphatic heterocycles. The molecule has 0 unspecified atom stereocenters. The molecule has 158 valence electrons. The maximum atomic E-state index is 11.7. The summed E-state index contributed by atoms with van der Waals surface area (Å²) in [6.07, 6.45) is 0.815. The van der Waals surface area contributed by atoms with Gasteiger partial charge in [0.25, 0.3) is 0 Å². The molecule has 1 aromatic carbocycles. The highest BCUT2D eigenvalue weighted by Gasteiger charge is 2.18.